The normalized spacial score (nSPS) is 19.6. The number of aliphatic hydroxyl groups is 2. The average molecular weight is 261 g/mol. The minimum atomic E-state index is -0.717. The summed E-state index contributed by atoms with van der Waals surface area (Å²) in [6, 6.07) is 0.341. The van der Waals surface area contributed by atoms with Crippen LogP contribution in [0.15, 0.2) is 0 Å². The van der Waals surface area contributed by atoms with Crippen LogP contribution in [-0.2, 0) is 4.79 Å². The van der Waals surface area contributed by atoms with E-state index in [9.17, 15) is 4.79 Å². The maximum absolute atomic E-state index is 11.6. The van der Waals surface area contributed by atoms with Gasteiger partial charge >= 0.3 is 0 Å². The van der Waals surface area contributed by atoms with Gasteiger partial charge in [-0.1, -0.05) is 25.7 Å². The summed E-state index contributed by atoms with van der Waals surface area (Å²) in [6.07, 6.45) is 6.45. The van der Waals surface area contributed by atoms with E-state index in [0.29, 0.717) is 17.5 Å². The molecule has 1 atom stereocenters. The first-order valence-corrected chi connectivity index (χ1v) is 7.54. The molecule has 5 heteroatoms. The molecule has 1 aliphatic carbocycles. The lowest BCUT2D eigenvalue weighted by Gasteiger charge is -2.16. The van der Waals surface area contributed by atoms with E-state index in [-0.39, 0.29) is 12.5 Å². The highest BCUT2D eigenvalue weighted by atomic mass is 32.2. The molecule has 1 rings (SSSR count). The van der Waals surface area contributed by atoms with Crippen molar-refractivity contribution < 1.29 is 15.0 Å². The van der Waals surface area contributed by atoms with Crippen LogP contribution in [0.5, 0.6) is 0 Å². The van der Waals surface area contributed by atoms with Crippen molar-refractivity contribution >= 4 is 17.7 Å². The van der Waals surface area contributed by atoms with Crippen LogP contribution in [0.4, 0.5) is 0 Å². The van der Waals surface area contributed by atoms with Gasteiger partial charge in [-0.2, -0.15) is 0 Å². The van der Waals surface area contributed by atoms with Crippen LogP contribution >= 0.6 is 11.8 Å². The molecule has 0 aromatic carbocycles. The van der Waals surface area contributed by atoms with Crippen molar-refractivity contribution in [3.8, 4) is 0 Å². The van der Waals surface area contributed by atoms with E-state index in [1.807, 2.05) is 0 Å². The standard InChI is InChI=1S/C12H23NO3S/c14-7-11(15)8-17-9-12(16)13-10-5-3-1-2-4-6-10/h10-11,14-15H,1-9H2,(H,13,16). The molecule has 17 heavy (non-hydrogen) atoms. The van der Waals surface area contributed by atoms with Gasteiger partial charge in [-0.3, -0.25) is 4.79 Å². The third-order valence-corrected chi connectivity index (χ3v) is 4.06. The summed E-state index contributed by atoms with van der Waals surface area (Å²) >= 11 is 1.37. The molecule has 3 N–H and O–H groups in total. The molecule has 0 bridgehead atoms. The van der Waals surface area contributed by atoms with E-state index < -0.39 is 6.10 Å². The molecule has 0 aromatic heterocycles. The fourth-order valence-electron chi connectivity index (χ4n) is 2.03. The van der Waals surface area contributed by atoms with Crippen LogP contribution in [0.3, 0.4) is 0 Å². The van der Waals surface area contributed by atoms with Gasteiger partial charge in [0.15, 0.2) is 0 Å². The summed E-state index contributed by atoms with van der Waals surface area (Å²) in [7, 11) is 0. The van der Waals surface area contributed by atoms with E-state index in [1.54, 1.807) is 0 Å². The molecule has 1 fully saturated rings. The molecule has 0 heterocycles. The molecule has 4 nitrogen and oxygen atoms in total. The number of carbonyl (C=O) groups is 1. The zero-order valence-corrected chi connectivity index (χ0v) is 11.0. The number of aliphatic hydroxyl groups excluding tert-OH is 2. The van der Waals surface area contributed by atoms with Gasteiger partial charge in [0.2, 0.25) is 5.91 Å². The van der Waals surface area contributed by atoms with Crippen molar-refractivity contribution in [1.29, 1.82) is 0 Å². The molecule has 100 valence electrons. The summed E-state index contributed by atoms with van der Waals surface area (Å²) < 4.78 is 0. The number of hydrogen-bond acceptors (Lipinski definition) is 4. The summed E-state index contributed by atoms with van der Waals surface area (Å²) in [5, 5.41) is 20.8. The smallest absolute Gasteiger partial charge is 0.230 e. The number of rotatable bonds is 6. The zero-order valence-electron chi connectivity index (χ0n) is 10.2. The fourth-order valence-corrected chi connectivity index (χ4v) is 2.80. The minimum absolute atomic E-state index is 0.0482. The lowest BCUT2D eigenvalue weighted by atomic mass is 10.1. The monoisotopic (exact) mass is 261 g/mol. The third-order valence-electron chi connectivity index (χ3n) is 2.97. The number of amides is 1. The summed E-state index contributed by atoms with van der Waals surface area (Å²) in [6.45, 7) is -0.239. The molecular weight excluding hydrogens is 238 g/mol. The SMILES string of the molecule is O=C(CSCC(O)CO)NC1CCCCCC1. The first-order chi connectivity index (χ1) is 8.22. The second-order valence-corrected chi connectivity index (χ2v) is 5.64. The Labute approximate surface area is 107 Å². The average Bonchev–Trinajstić information content (AvgIpc) is 2.57. The third kappa shape index (κ3) is 6.91. The maximum Gasteiger partial charge on any atom is 0.230 e. The Morgan fingerprint density at radius 2 is 1.94 bits per heavy atom. The Morgan fingerprint density at radius 1 is 1.29 bits per heavy atom. The van der Waals surface area contributed by atoms with Crippen molar-refractivity contribution in [1.82, 2.24) is 5.32 Å². The number of nitrogens with one attached hydrogen (secondary N) is 1. The number of thioether (sulfide) groups is 1. The highest BCUT2D eigenvalue weighted by molar-refractivity contribution is 7.99. The summed E-state index contributed by atoms with van der Waals surface area (Å²) in [4.78, 5) is 11.6. The molecule has 0 aromatic rings. The zero-order chi connectivity index (χ0) is 12.5. The van der Waals surface area contributed by atoms with Crippen LogP contribution in [0.2, 0.25) is 0 Å². The quantitative estimate of drug-likeness (QED) is 0.622. The second-order valence-electron chi connectivity index (χ2n) is 4.61. The van der Waals surface area contributed by atoms with Crippen molar-refractivity contribution in [3.63, 3.8) is 0 Å². The largest absolute Gasteiger partial charge is 0.394 e. The molecule has 0 aliphatic heterocycles. The predicted molar refractivity (Wildman–Crippen MR) is 70.1 cm³/mol. The minimum Gasteiger partial charge on any atom is -0.394 e. The molecule has 1 amide bonds. The summed E-state index contributed by atoms with van der Waals surface area (Å²) in [5.41, 5.74) is 0. The van der Waals surface area contributed by atoms with Crippen LogP contribution < -0.4 is 5.32 Å². The van der Waals surface area contributed by atoms with Gasteiger partial charge in [-0.25, -0.2) is 0 Å². The van der Waals surface area contributed by atoms with Crippen molar-refractivity contribution in [2.45, 2.75) is 50.7 Å². The topological polar surface area (TPSA) is 69.6 Å². The van der Waals surface area contributed by atoms with Crippen molar-refractivity contribution in [2.24, 2.45) is 0 Å². The van der Waals surface area contributed by atoms with E-state index in [2.05, 4.69) is 5.32 Å². The van der Waals surface area contributed by atoms with Crippen LogP contribution in [0.1, 0.15) is 38.5 Å². The van der Waals surface area contributed by atoms with Crippen LogP contribution in [0.25, 0.3) is 0 Å². The first kappa shape index (κ1) is 14.8. The number of carbonyl (C=O) groups excluding carboxylic acids is 1. The number of hydrogen-bond donors (Lipinski definition) is 3. The Morgan fingerprint density at radius 3 is 2.53 bits per heavy atom. The Bertz CT molecular complexity index is 218. The molecule has 0 spiro atoms. The van der Waals surface area contributed by atoms with Gasteiger partial charge in [-0.15, -0.1) is 11.8 Å². The molecular formula is C12H23NO3S. The Hall–Kier alpha value is -0.260. The van der Waals surface area contributed by atoms with Gasteiger partial charge in [0, 0.05) is 11.8 Å². The van der Waals surface area contributed by atoms with Gasteiger partial charge in [0.1, 0.15) is 0 Å². The van der Waals surface area contributed by atoms with Crippen molar-refractivity contribution in [2.75, 3.05) is 18.1 Å². The Kier molecular flexibility index (Phi) is 7.64. The van der Waals surface area contributed by atoms with Gasteiger partial charge in [0.25, 0.3) is 0 Å². The molecule has 1 unspecified atom stereocenters. The lowest BCUT2D eigenvalue weighted by Crippen LogP contribution is -2.35. The fraction of sp³-hybridized carbons (Fsp3) is 0.917. The van der Waals surface area contributed by atoms with E-state index in [0.717, 1.165) is 12.8 Å². The van der Waals surface area contributed by atoms with Gasteiger partial charge in [0.05, 0.1) is 18.5 Å². The Balaban J connectivity index is 2.10. The predicted octanol–water partition coefficient (Wildman–Crippen LogP) is 0.912. The summed E-state index contributed by atoms with van der Waals surface area (Å²) in [5.74, 6) is 0.828. The van der Waals surface area contributed by atoms with Gasteiger partial charge < -0.3 is 15.5 Å². The molecule has 0 radical (unpaired) electrons. The molecule has 0 saturated heterocycles. The maximum atomic E-state index is 11.6. The second kappa shape index (κ2) is 8.78. The first-order valence-electron chi connectivity index (χ1n) is 6.38. The van der Waals surface area contributed by atoms with Crippen LogP contribution in [0, 0.1) is 0 Å². The van der Waals surface area contributed by atoms with Crippen molar-refractivity contribution in [3.05, 3.63) is 0 Å². The van der Waals surface area contributed by atoms with E-state index in [1.165, 1.54) is 37.4 Å². The molecule has 1 aliphatic rings. The highest BCUT2D eigenvalue weighted by Gasteiger charge is 2.14. The molecule has 1 saturated carbocycles. The van der Waals surface area contributed by atoms with E-state index >= 15 is 0 Å². The van der Waals surface area contributed by atoms with Gasteiger partial charge in [-0.05, 0) is 12.8 Å². The van der Waals surface area contributed by atoms with E-state index in [4.69, 9.17) is 10.2 Å². The lowest BCUT2D eigenvalue weighted by molar-refractivity contribution is -0.119. The van der Waals surface area contributed by atoms with Crippen LogP contribution in [-0.4, -0.2) is 46.4 Å². The highest BCUT2D eigenvalue weighted by Crippen LogP contribution is 2.17.